The molecule has 0 amide bonds. The highest BCUT2D eigenvalue weighted by Gasteiger charge is 2.35. The van der Waals surface area contributed by atoms with E-state index >= 15 is 0 Å². The summed E-state index contributed by atoms with van der Waals surface area (Å²) in [6.45, 7) is 4.69. The third-order valence-corrected chi connectivity index (χ3v) is 5.82. The summed E-state index contributed by atoms with van der Waals surface area (Å²) in [7, 11) is -3.31. The van der Waals surface area contributed by atoms with Gasteiger partial charge in [-0.3, -0.25) is 0 Å². The van der Waals surface area contributed by atoms with Crippen LogP contribution < -0.4 is 4.72 Å². The average Bonchev–Trinajstić information content (AvgIpc) is 3.17. The third-order valence-electron chi connectivity index (χ3n) is 4.24. The van der Waals surface area contributed by atoms with E-state index in [1.165, 1.54) is 17.1 Å². The van der Waals surface area contributed by atoms with E-state index < -0.39 is 10.2 Å². The number of nitrogens with one attached hydrogen (secondary N) is 1. The van der Waals surface area contributed by atoms with Crippen molar-refractivity contribution in [3.8, 4) is 0 Å². The minimum atomic E-state index is -3.31. The summed E-state index contributed by atoms with van der Waals surface area (Å²) in [4.78, 5) is 2.51. The first-order valence-corrected chi connectivity index (χ1v) is 8.66. The fraction of sp³-hybridized carbons (Fsp3) is 1.00. The summed E-state index contributed by atoms with van der Waals surface area (Å²) in [6.07, 6.45) is 3.76. The highest BCUT2D eigenvalue weighted by atomic mass is 32.2. The monoisotopic (exact) mass is 289 g/mol. The molecule has 3 rings (SSSR count). The van der Waals surface area contributed by atoms with Crippen molar-refractivity contribution in [2.24, 2.45) is 5.92 Å². The second kappa shape index (κ2) is 5.65. The summed E-state index contributed by atoms with van der Waals surface area (Å²) >= 11 is 0. The molecule has 2 saturated heterocycles. The van der Waals surface area contributed by atoms with Crippen LogP contribution in [0, 0.1) is 5.92 Å². The van der Waals surface area contributed by atoms with Gasteiger partial charge in [-0.2, -0.15) is 12.7 Å². The van der Waals surface area contributed by atoms with Crippen molar-refractivity contribution in [1.29, 1.82) is 0 Å². The van der Waals surface area contributed by atoms with Crippen molar-refractivity contribution in [2.75, 3.05) is 45.9 Å². The van der Waals surface area contributed by atoms with Crippen LogP contribution in [0.4, 0.5) is 0 Å². The van der Waals surface area contributed by atoms with E-state index in [4.69, 9.17) is 4.74 Å². The Balaban J connectivity index is 1.45. The normalized spacial score (nSPS) is 30.8. The second-order valence-corrected chi connectivity index (χ2v) is 7.50. The quantitative estimate of drug-likeness (QED) is 0.751. The fourth-order valence-electron chi connectivity index (χ4n) is 2.90. The van der Waals surface area contributed by atoms with Crippen LogP contribution in [0.2, 0.25) is 0 Å². The van der Waals surface area contributed by atoms with Crippen molar-refractivity contribution in [3.05, 3.63) is 0 Å². The maximum atomic E-state index is 12.1. The fourth-order valence-corrected chi connectivity index (χ4v) is 4.16. The average molecular weight is 289 g/mol. The molecule has 7 heteroatoms. The summed E-state index contributed by atoms with van der Waals surface area (Å²) in [6, 6.07) is 0.792. The maximum Gasteiger partial charge on any atom is 0.279 e. The lowest BCUT2D eigenvalue weighted by atomic mass is 10.1. The van der Waals surface area contributed by atoms with E-state index in [0.29, 0.717) is 38.8 Å². The van der Waals surface area contributed by atoms with Crippen molar-refractivity contribution >= 4 is 10.2 Å². The lowest BCUT2D eigenvalue weighted by Gasteiger charge is -2.26. The second-order valence-electron chi connectivity index (χ2n) is 5.75. The Bertz CT molecular complexity index is 404. The van der Waals surface area contributed by atoms with E-state index in [2.05, 4.69) is 9.62 Å². The highest BCUT2D eigenvalue weighted by molar-refractivity contribution is 7.87. The Morgan fingerprint density at radius 3 is 2.53 bits per heavy atom. The molecule has 0 radical (unpaired) electrons. The molecule has 1 saturated carbocycles. The number of morpholine rings is 1. The topological polar surface area (TPSA) is 61.9 Å². The van der Waals surface area contributed by atoms with Crippen LogP contribution in [0.5, 0.6) is 0 Å². The molecule has 6 nitrogen and oxygen atoms in total. The molecule has 0 aromatic rings. The Labute approximate surface area is 115 Å². The zero-order valence-corrected chi connectivity index (χ0v) is 12.1. The van der Waals surface area contributed by atoms with E-state index in [9.17, 15) is 8.42 Å². The number of nitrogens with zero attached hydrogens (tertiary/aromatic N) is 2. The molecule has 0 aromatic heterocycles. The maximum absolute atomic E-state index is 12.1. The van der Waals surface area contributed by atoms with Crippen molar-refractivity contribution in [1.82, 2.24) is 13.9 Å². The first kappa shape index (κ1) is 13.8. The molecule has 2 heterocycles. The molecule has 1 aliphatic carbocycles. The van der Waals surface area contributed by atoms with Crippen LogP contribution >= 0.6 is 0 Å². The minimum Gasteiger partial charge on any atom is -0.379 e. The largest absolute Gasteiger partial charge is 0.379 e. The highest BCUT2D eigenvalue weighted by Crippen LogP contribution is 2.31. The molecule has 1 atom stereocenters. The number of rotatable bonds is 5. The smallest absolute Gasteiger partial charge is 0.279 e. The van der Waals surface area contributed by atoms with Gasteiger partial charge in [0.05, 0.1) is 13.2 Å². The molecular formula is C12H23N3O3S. The van der Waals surface area contributed by atoms with E-state index in [1.807, 2.05) is 0 Å². The molecule has 1 N–H and O–H groups in total. The number of hydrogen-bond acceptors (Lipinski definition) is 4. The van der Waals surface area contributed by atoms with Gasteiger partial charge in [-0.25, -0.2) is 4.72 Å². The van der Waals surface area contributed by atoms with Gasteiger partial charge in [-0.05, 0) is 31.7 Å². The summed E-state index contributed by atoms with van der Waals surface area (Å²) in [5.41, 5.74) is 0. The Kier molecular flexibility index (Phi) is 4.09. The van der Waals surface area contributed by atoms with Crippen molar-refractivity contribution in [2.45, 2.75) is 25.3 Å². The molecule has 0 aromatic carbocycles. The predicted molar refractivity (Wildman–Crippen MR) is 72.0 cm³/mol. The van der Waals surface area contributed by atoms with E-state index in [-0.39, 0.29) is 0 Å². The molecule has 0 bridgehead atoms. The van der Waals surface area contributed by atoms with E-state index in [1.54, 1.807) is 0 Å². The lowest BCUT2D eigenvalue weighted by Crippen LogP contribution is -2.47. The first-order valence-electron chi connectivity index (χ1n) is 7.22. The molecule has 0 unspecified atom stereocenters. The van der Waals surface area contributed by atoms with Gasteiger partial charge in [0, 0.05) is 32.2 Å². The van der Waals surface area contributed by atoms with Crippen LogP contribution in [-0.2, 0) is 14.9 Å². The molecular weight excluding hydrogens is 266 g/mol. The van der Waals surface area contributed by atoms with Crippen LogP contribution in [0.25, 0.3) is 0 Å². The van der Waals surface area contributed by atoms with Gasteiger partial charge in [0.15, 0.2) is 0 Å². The molecule has 2 aliphatic heterocycles. The summed E-state index contributed by atoms with van der Waals surface area (Å²) in [5.74, 6) is 0.469. The first-order chi connectivity index (χ1) is 9.15. The standard InChI is InChI=1S/C12H23N3O3S/c16-19(17,15-5-7-18-8-6-15)13-9-11-3-4-14(10-11)12-1-2-12/h11-13H,1-10H2/t11-/m1/s1. The Morgan fingerprint density at radius 2 is 1.84 bits per heavy atom. The van der Waals surface area contributed by atoms with Crippen LogP contribution in [-0.4, -0.2) is 69.6 Å². The van der Waals surface area contributed by atoms with Gasteiger partial charge in [-0.15, -0.1) is 0 Å². The van der Waals surface area contributed by atoms with Crippen LogP contribution in [0.15, 0.2) is 0 Å². The Hall–Kier alpha value is -0.210. The zero-order chi connectivity index (χ0) is 13.3. The van der Waals surface area contributed by atoms with Crippen molar-refractivity contribution in [3.63, 3.8) is 0 Å². The third kappa shape index (κ3) is 3.46. The van der Waals surface area contributed by atoms with Gasteiger partial charge >= 0.3 is 0 Å². The SMILES string of the molecule is O=S(=O)(NC[C@H]1CCN(C2CC2)C1)N1CCOCC1. The Morgan fingerprint density at radius 1 is 1.11 bits per heavy atom. The minimum absolute atomic E-state index is 0.466. The van der Waals surface area contributed by atoms with Gasteiger partial charge in [0.1, 0.15) is 0 Å². The van der Waals surface area contributed by atoms with Gasteiger partial charge in [0.2, 0.25) is 0 Å². The predicted octanol–water partition coefficient (Wildman–Crippen LogP) is -0.363. The molecule has 3 aliphatic rings. The molecule has 0 spiro atoms. The van der Waals surface area contributed by atoms with Crippen molar-refractivity contribution < 1.29 is 13.2 Å². The van der Waals surface area contributed by atoms with Crippen LogP contribution in [0.3, 0.4) is 0 Å². The van der Waals surface area contributed by atoms with Gasteiger partial charge in [0.25, 0.3) is 10.2 Å². The van der Waals surface area contributed by atoms with Gasteiger partial charge < -0.3 is 9.64 Å². The van der Waals surface area contributed by atoms with E-state index in [0.717, 1.165) is 25.6 Å². The number of ether oxygens (including phenoxy) is 1. The summed E-state index contributed by atoms with van der Waals surface area (Å²) < 4.78 is 33.7. The lowest BCUT2D eigenvalue weighted by molar-refractivity contribution is 0.0724. The van der Waals surface area contributed by atoms with Crippen LogP contribution in [0.1, 0.15) is 19.3 Å². The summed E-state index contributed by atoms with van der Waals surface area (Å²) in [5, 5.41) is 0. The van der Waals surface area contributed by atoms with Gasteiger partial charge in [-0.1, -0.05) is 0 Å². The molecule has 3 fully saturated rings. The molecule has 110 valence electrons. The number of hydrogen-bond donors (Lipinski definition) is 1. The molecule has 19 heavy (non-hydrogen) atoms. The zero-order valence-electron chi connectivity index (χ0n) is 11.3. The number of likely N-dealkylation sites (tertiary alicyclic amines) is 1.